The number of anilines is 1. The molecule has 0 unspecified atom stereocenters. The molecule has 1 heterocycles. The first-order valence-electron chi connectivity index (χ1n) is 7.33. The monoisotopic (exact) mass is 280 g/mol. The van der Waals surface area contributed by atoms with Crippen LogP contribution in [0.4, 0.5) is 5.69 Å². The van der Waals surface area contributed by atoms with Crippen LogP contribution in [0.5, 0.6) is 0 Å². The van der Waals surface area contributed by atoms with E-state index in [1.165, 1.54) is 11.1 Å². The third-order valence-corrected chi connectivity index (χ3v) is 4.16. The molecular formula is C18H20N2O. The Morgan fingerprint density at radius 2 is 1.90 bits per heavy atom. The molecule has 108 valence electrons. The molecule has 1 amide bonds. The van der Waals surface area contributed by atoms with E-state index in [2.05, 4.69) is 23.5 Å². The van der Waals surface area contributed by atoms with Crippen molar-refractivity contribution in [3.8, 4) is 0 Å². The van der Waals surface area contributed by atoms with Crippen LogP contribution in [0.15, 0.2) is 42.5 Å². The summed E-state index contributed by atoms with van der Waals surface area (Å²) in [7, 11) is 1.89. The second kappa shape index (κ2) is 5.60. The molecule has 1 N–H and O–H groups in total. The molecule has 0 fully saturated rings. The zero-order chi connectivity index (χ0) is 14.8. The number of carbonyl (C=O) groups is 1. The zero-order valence-electron chi connectivity index (χ0n) is 12.5. The van der Waals surface area contributed by atoms with Crippen molar-refractivity contribution in [2.75, 3.05) is 18.9 Å². The molecule has 1 aliphatic heterocycles. The molecule has 2 aromatic rings. The topological polar surface area (TPSA) is 32.3 Å². The number of nitrogens with zero attached hydrogens (tertiary/aromatic N) is 1. The van der Waals surface area contributed by atoms with E-state index in [-0.39, 0.29) is 5.91 Å². The maximum absolute atomic E-state index is 12.7. The predicted molar refractivity (Wildman–Crippen MR) is 85.6 cm³/mol. The molecule has 0 aliphatic carbocycles. The number of amides is 1. The maximum atomic E-state index is 12.7. The third-order valence-electron chi connectivity index (χ3n) is 4.16. The molecule has 3 heteroatoms. The number of nitrogens with one attached hydrogen (secondary N) is 1. The molecule has 0 saturated carbocycles. The largest absolute Gasteiger partial charge is 0.388 e. The van der Waals surface area contributed by atoms with Gasteiger partial charge in [0.2, 0.25) is 0 Å². The highest BCUT2D eigenvalue weighted by Gasteiger charge is 2.21. The van der Waals surface area contributed by atoms with Crippen LogP contribution >= 0.6 is 0 Å². The lowest BCUT2D eigenvalue weighted by molar-refractivity contribution is 0.0734. The van der Waals surface area contributed by atoms with Crippen LogP contribution in [-0.4, -0.2) is 24.4 Å². The maximum Gasteiger partial charge on any atom is 0.254 e. The van der Waals surface area contributed by atoms with Crippen LogP contribution in [0.25, 0.3) is 0 Å². The fourth-order valence-electron chi connectivity index (χ4n) is 2.93. The number of benzene rings is 2. The molecule has 0 bridgehead atoms. The molecule has 0 spiro atoms. The molecule has 0 aromatic heterocycles. The number of rotatable bonds is 2. The van der Waals surface area contributed by atoms with Crippen molar-refractivity contribution in [1.29, 1.82) is 0 Å². The summed E-state index contributed by atoms with van der Waals surface area (Å²) in [5.41, 5.74) is 5.56. The number of carbonyl (C=O) groups excluding carboxylic acids is 1. The number of hydrogen-bond acceptors (Lipinski definition) is 2. The first kappa shape index (κ1) is 13.7. The molecule has 3 rings (SSSR count). The van der Waals surface area contributed by atoms with E-state index < -0.39 is 0 Å². The van der Waals surface area contributed by atoms with Crippen LogP contribution in [-0.2, 0) is 13.0 Å². The molecule has 0 atom stereocenters. The Labute approximate surface area is 125 Å². The average Bonchev–Trinajstić information content (AvgIpc) is 2.53. The SMILES string of the molecule is CNc1ccc(C(=O)N2CCc3ccccc3C2)cc1C. The highest BCUT2D eigenvalue weighted by atomic mass is 16.2. The van der Waals surface area contributed by atoms with Gasteiger partial charge in [0, 0.05) is 31.4 Å². The number of hydrogen-bond donors (Lipinski definition) is 1. The van der Waals surface area contributed by atoms with E-state index in [9.17, 15) is 4.79 Å². The van der Waals surface area contributed by atoms with Gasteiger partial charge in [-0.3, -0.25) is 4.79 Å². The summed E-state index contributed by atoms with van der Waals surface area (Å²) in [6, 6.07) is 14.2. The molecular weight excluding hydrogens is 260 g/mol. The summed E-state index contributed by atoms with van der Waals surface area (Å²) in [6.45, 7) is 3.53. The van der Waals surface area contributed by atoms with Gasteiger partial charge in [0.05, 0.1) is 0 Å². The molecule has 2 aromatic carbocycles. The van der Waals surface area contributed by atoms with Crippen LogP contribution < -0.4 is 5.32 Å². The summed E-state index contributed by atoms with van der Waals surface area (Å²) in [5.74, 6) is 0.121. The van der Waals surface area contributed by atoms with Crippen molar-refractivity contribution >= 4 is 11.6 Å². The van der Waals surface area contributed by atoms with Crippen LogP contribution in [0.3, 0.4) is 0 Å². The van der Waals surface area contributed by atoms with Crippen molar-refractivity contribution in [3.63, 3.8) is 0 Å². The van der Waals surface area contributed by atoms with Gasteiger partial charge in [0.25, 0.3) is 5.91 Å². The van der Waals surface area contributed by atoms with E-state index >= 15 is 0 Å². The number of aryl methyl sites for hydroxylation is 1. The van der Waals surface area contributed by atoms with Gasteiger partial charge in [-0.1, -0.05) is 24.3 Å². The van der Waals surface area contributed by atoms with Crippen molar-refractivity contribution in [2.24, 2.45) is 0 Å². The minimum atomic E-state index is 0.121. The Balaban J connectivity index is 1.82. The van der Waals surface area contributed by atoms with Gasteiger partial charge < -0.3 is 10.2 Å². The summed E-state index contributed by atoms with van der Waals surface area (Å²) in [4.78, 5) is 14.6. The lowest BCUT2D eigenvalue weighted by Gasteiger charge is -2.29. The molecule has 3 nitrogen and oxygen atoms in total. The fourth-order valence-corrected chi connectivity index (χ4v) is 2.93. The predicted octanol–water partition coefficient (Wildman–Crippen LogP) is 3.24. The summed E-state index contributed by atoms with van der Waals surface area (Å²) < 4.78 is 0. The molecule has 21 heavy (non-hydrogen) atoms. The standard InChI is InChI=1S/C18H20N2O/c1-13-11-15(7-8-17(13)19-2)18(21)20-10-9-14-5-3-4-6-16(14)12-20/h3-8,11,19H,9-10,12H2,1-2H3. The van der Waals surface area contributed by atoms with Crippen LogP contribution in [0.2, 0.25) is 0 Å². The molecule has 0 radical (unpaired) electrons. The lowest BCUT2D eigenvalue weighted by Crippen LogP contribution is -2.35. The minimum absolute atomic E-state index is 0.121. The first-order valence-corrected chi connectivity index (χ1v) is 7.33. The van der Waals surface area contributed by atoms with Gasteiger partial charge >= 0.3 is 0 Å². The van der Waals surface area contributed by atoms with E-state index in [0.29, 0.717) is 6.54 Å². The fraction of sp³-hybridized carbons (Fsp3) is 0.278. The highest BCUT2D eigenvalue weighted by molar-refractivity contribution is 5.95. The Kier molecular flexibility index (Phi) is 3.65. The van der Waals surface area contributed by atoms with Gasteiger partial charge in [0.1, 0.15) is 0 Å². The van der Waals surface area contributed by atoms with Crippen LogP contribution in [0, 0.1) is 6.92 Å². The average molecular weight is 280 g/mol. The molecule has 0 saturated heterocycles. The normalized spacial score (nSPS) is 13.7. The van der Waals surface area contributed by atoms with E-state index in [1.807, 2.05) is 43.1 Å². The third kappa shape index (κ3) is 2.64. The molecule has 1 aliphatic rings. The lowest BCUT2D eigenvalue weighted by atomic mass is 9.99. The van der Waals surface area contributed by atoms with Gasteiger partial charge in [-0.05, 0) is 48.2 Å². The summed E-state index contributed by atoms with van der Waals surface area (Å²) in [6.07, 6.45) is 0.940. The smallest absolute Gasteiger partial charge is 0.254 e. The van der Waals surface area contributed by atoms with Crippen LogP contribution in [0.1, 0.15) is 27.0 Å². The van der Waals surface area contributed by atoms with Crippen molar-refractivity contribution in [1.82, 2.24) is 4.90 Å². The van der Waals surface area contributed by atoms with E-state index in [4.69, 9.17) is 0 Å². The Morgan fingerprint density at radius 3 is 2.62 bits per heavy atom. The van der Waals surface area contributed by atoms with Gasteiger partial charge in [-0.2, -0.15) is 0 Å². The summed E-state index contributed by atoms with van der Waals surface area (Å²) >= 11 is 0. The minimum Gasteiger partial charge on any atom is -0.388 e. The second-order valence-electron chi connectivity index (χ2n) is 5.53. The van der Waals surface area contributed by atoms with Gasteiger partial charge in [-0.15, -0.1) is 0 Å². The Hall–Kier alpha value is -2.29. The van der Waals surface area contributed by atoms with Crippen molar-refractivity contribution in [3.05, 3.63) is 64.7 Å². The Morgan fingerprint density at radius 1 is 1.14 bits per heavy atom. The zero-order valence-corrected chi connectivity index (χ0v) is 12.5. The van der Waals surface area contributed by atoms with E-state index in [0.717, 1.165) is 29.8 Å². The van der Waals surface area contributed by atoms with Gasteiger partial charge in [0.15, 0.2) is 0 Å². The van der Waals surface area contributed by atoms with E-state index in [1.54, 1.807) is 0 Å². The Bertz CT molecular complexity index is 679. The quantitative estimate of drug-likeness (QED) is 0.916. The number of fused-ring (bicyclic) bond motifs is 1. The second-order valence-corrected chi connectivity index (χ2v) is 5.53. The van der Waals surface area contributed by atoms with Gasteiger partial charge in [-0.25, -0.2) is 0 Å². The van der Waals surface area contributed by atoms with Crippen molar-refractivity contribution in [2.45, 2.75) is 19.9 Å². The first-order chi connectivity index (χ1) is 10.2. The summed E-state index contributed by atoms with van der Waals surface area (Å²) in [5, 5.41) is 3.13. The highest BCUT2D eigenvalue weighted by Crippen LogP contribution is 2.22. The van der Waals surface area contributed by atoms with Crippen molar-refractivity contribution < 1.29 is 4.79 Å².